The standard InChI is InChI=1S/C13H18N2O2/c16-13(17)15-6-5-10-7-9-3-1-2-4-11(9)14-12(10)8-15/h1-4,9-12,14H,5-8H2,(H,16,17). The highest BCUT2D eigenvalue weighted by Crippen LogP contribution is 2.33. The van der Waals surface area contributed by atoms with Gasteiger partial charge in [0.25, 0.3) is 0 Å². The Morgan fingerprint density at radius 1 is 1.35 bits per heavy atom. The number of rotatable bonds is 0. The number of likely N-dealkylation sites (tertiary alicyclic amines) is 1. The van der Waals surface area contributed by atoms with Crippen LogP contribution in [0.25, 0.3) is 0 Å². The molecule has 92 valence electrons. The molecule has 1 amide bonds. The van der Waals surface area contributed by atoms with Crippen LogP contribution in [0.1, 0.15) is 12.8 Å². The SMILES string of the molecule is O=C(O)N1CCC2CC3C=CC=CC3NC2C1. The Bertz CT molecular complexity index is 378. The van der Waals surface area contributed by atoms with Gasteiger partial charge in [0.05, 0.1) is 0 Å². The average Bonchev–Trinajstić information content (AvgIpc) is 2.35. The molecule has 0 saturated carbocycles. The first-order valence-corrected chi connectivity index (χ1v) is 6.33. The van der Waals surface area contributed by atoms with Gasteiger partial charge in [-0.1, -0.05) is 24.3 Å². The number of nitrogens with zero attached hydrogens (tertiary/aromatic N) is 1. The predicted molar refractivity (Wildman–Crippen MR) is 64.8 cm³/mol. The van der Waals surface area contributed by atoms with Crippen LogP contribution in [0.2, 0.25) is 0 Å². The fourth-order valence-electron chi connectivity index (χ4n) is 3.30. The molecule has 3 aliphatic rings. The number of hydrogen-bond donors (Lipinski definition) is 2. The summed E-state index contributed by atoms with van der Waals surface area (Å²) in [5.41, 5.74) is 0. The lowest BCUT2D eigenvalue weighted by Gasteiger charge is -2.46. The Balaban J connectivity index is 1.70. The summed E-state index contributed by atoms with van der Waals surface area (Å²) in [5, 5.41) is 12.6. The van der Waals surface area contributed by atoms with Crippen LogP contribution in [0.5, 0.6) is 0 Å². The second-order valence-electron chi connectivity index (χ2n) is 5.25. The Kier molecular flexibility index (Phi) is 2.67. The molecule has 0 radical (unpaired) electrons. The highest BCUT2D eigenvalue weighted by Gasteiger charge is 2.39. The summed E-state index contributed by atoms with van der Waals surface area (Å²) in [5.74, 6) is 1.22. The first-order valence-electron chi connectivity index (χ1n) is 6.33. The van der Waals surface area contributed by atoms with E-state index in [2.05, 4.69) is 29.6 Å². The van der Waals surface area contributed by atoms with Crippen molar-refractivity contribution in [3.63, 3.8) is 0 Å². The van der Waals surface area contributed by atoms with Gasteiger partial charge >= 0.3 is 6.09 Å². The zero-order chi connectivity index (χ0) is 11.8. The van der Waals surface area contributed by atoms with E-state index >= 15 is 0 Å². The summed E-state index contributed by atoms with van der Waals surface area (Å²) >= 11 is 0. The average molecular weight is 234 g/mol. The topological polar surface area (TPSA) is 52.6 Å². The minimum Gasteiger partial charge on any atom is -0.465 e. The van der Waals surface area contributed by atoms with Crippen molar-refractivity contribution in [2.24, 2.45) is 11.8 Å². The van der Waals surface area contributed by atoms with Crippen molar-refractivity contribution in [3.05, 3.63) is 24.3 Å². The molecule has 2 N–H and O–H groups in total. The number of amides is 1. The molecule has 4 atom stereocenters. The zero-order valence-corrected chi connectivity index (χ0v) is 9.75. The Labute approximate surface area is 101 Å². The van der Waals surface area contributed by atoms with E-state index in [0.29, 0.717) is 37.0 Å². The van der Waals surface area contributed by atoms with E-state index in [1.165, 1.54) is 11.3 Å². The molecule has 3 rings (SSSR count). The first kappa shape index (κ1) is 10.8. The molecule has 0 bridgehead atoms. The van der Waals surface area contributed by atoms with E-state index in [4.69, 9.17) is 5.11 Å². The highest BCUT2D eigenvalue weighted by molar-refractivity contribution is 5.65. The van der Waals surface area contributed by atoms with Crippen LogP contribution in [0.3, 0.4) is 0 Å². The van der Waals surface area contributed by atoms with Crippen molar-refractivity contribution in [2.45, 2.75) is 24.9 Å². The quantitative estimate of drug-likeness (QED) is 0.667. The van der Waals surface area contributed by atoms with Crippen molar-refractivity contribution < 1.29 is 9.90 Å². The van der Waals surface area contributed by atoms with Gasteiger partial charge in [0.15, 0.2) is 0 Å². The van der Waals surface area contributed by atoms with Crippen LogP contribution in [0.4, 0.5) is 4.79 Å². The summed E-state index contributed by atoms with van der Waals surface area (Å²) in [6.07, 6.45) is 10.1. The van der Waals surface area contributed by atoms with Crippen LogP contribution in [-0.2, 0) is 0 Å². The summed E-state index contributed by atoms with van der Waals surface area (Å²) in [4.78, 5) is 12.5. The lowest BCUT2D eigenvalue weighted by atomic mass is 9.75. The molecule has 0 spiro atoms. The van der Waals surface area contributed by atoms with Crippen molar-refractivity contribution in [1.29, 1.82) is 0 Å². The van der Waals surface area contributed by atoms with Crippen molar-refractivity contribution >= 4 is 6.09 Å². The molecule has 0 aromatic carbocycles. The summed E-state index contributed by atoms with van der Waals surface area (Å²) in [7, 11) is 0. The predicted octanol–water partition coefficient (Wildman–Crippen LogP) is 1.46. The second kappa shape index (κ2) is 4.18. The molecule has 2 heterocycles. The second-order valence-corrected chi connectivity index (χ2v) is 5.25. The van der Waals surface area contributed by atoms with E-state index in [-0.39, 0.29) is 0 Å². The van der Waals surface area contributed by atoms with E-state index < -0.39 is 6.09 Å². The number of allylic oxidation sites excluding steroid dienone is 2. The minimum atomic E-state index is -0.786. The number of carbonyl (C=O) groups is 1. The third kappa shape index (κ3) is 1.97. The number of carboxylic acid groups (broad SMARTS) is 1. The van der Waals surface area contributed by atoms with Gasteiger partial charge in [-0.15, -0.1) is 0 Å². The third-order valence-corrected chi connectivity index (χ3v) is 4.26. The van der Waals surface area contributed by atoms with E-state index in [9.17, 15) is 4.79 Å². The van der Waals surface area contributed by atoms with Gasteiger partial charge in [0.1, 0.15) is 0 Å². The number of fused-ring (bicyclic) bond motifs is 2. The zero-order valence-electron chi connectivity index (χ0n) is 9.75. The van der Waals surface area contributed by atoms with E-state index in [1.807, 2.05) is 0 Å². The largest absolute Gasteiger partial charge is 0.465 e. The lowest BCUT2D eigenvalue weighted by Crippen LogP contribution is -2.59. The Hall–Kier alpha value is -1.29. The molecule has 4 heteroatoms. The van der Waals surface area contributed by atoms with Gasteiger partial charge in [0.2, 0.25) is 0 Å². The van der Waals surface area contributed by atoms with Gasteiger partial charge in [0, 0.05) is 25.2 Å². The normalized spacial score (nSPS) is 39.6. The monoisotopic (exact) mass is 234 g/mol. The minimum absolute atomic E-state index is 0.331. The van der Waals surface area contributed by atoms with Gasteiger partial charge in [-0.3, -0.25) is 0 Å². The summed E-state index contributed by atoms with van der Waals surface area (Å²) < 4.78 is 0. The van der Waals surface area contributed by atoms with Crippen molar-refractivity contribution in [3.8, 4) is 0 Å². The Morgan fingerprint density at radius 2 is 2.18 bits per heavy atom. The smallest absolute Gasteiger partial charge is 0.407 e. The van der Waals surface area contributed by atoms with Crippen molar-refractivity contribution in [1.82, 2.24) is 10.2 Å². The summed E-state index contributed by atoms with van der Waals surface area (Å²) in [6, 6.07) is 0.729. The maximum absolute atomic E-state index is 11.0. The molecule has 0 aromatic rings. The van der Waals surface area contributed by atoms with Crippen LogP contribution in [0, 0.1) is 11.8 Å². The molecule has 4 nitrogen and oxygen atoms in total. The van der Waals surface area contributed by atoms with Gasteiger partial charge in [-0.25, -0.2) is 4.79 Å². The van der Waals surface area contributed by atoms with Gasteiger partial charge in [-0.05, 0) is 24.7 Å². The molecule has 17 heavy (non-hydrogen) atoms. The van der Waals surface area contributed by atoms with Crippen LogP contribution < -0.4 is 5.32 Å². The van der Waals surface area contributed by atoms with Crippen molar-refractivity contribution in [2.75, 3.05) is 13.1 Å². The fourth-order valence-corrected chi connectivity index (χ4v) is 3.30. The molecule has 2 saturated heterocycles. The first-order chi connectivity index (χ1) is 8.24. The van der Waals surface area contributed by atoms with Crippen LogP contribution in [-0.4, -0.2) is 41.3 Å². The number of piperidine rings is 2. The highest BCUT2D eigenvalue weighted by atomic mass is 16.4. The lowest BCUT2D eigenvalue weighted by molar-refractivity contribution is 0.0816. The molecular weight excluding hydrogens is 216 g/mol. The number of nitrogens with one attached hydrogen (secondary N) is 1. The molecule has 2 fully saturated rings. The third-order valence-electron chi connectivity index (χ3n) is 4.26. The Morgan fingerprint density at radius 3 is 3.00 bits per heavy atom. The van der Waals surface area contributed by atoms with E-state index in [1.54, 1.807) is 0 Å². The molecular formula is C13H18N2O2. The maximum atomic E-state index is 11.0. The maximum Gasteiger partial charge on any atom is 0.407 e. The molecule has 2 aliphatic heterocycles. The van der Waals surface area contributed by atoms with Crippen LogP contribution >= 0.6 is 0 Å². The van der Waals surface area contributed by atoms with Crippen LogP contribution in [0.15, 0.2) is 24.3 Å². The summed E-state index contributed by atoms with van der Waals surface area (Å²) in [6.45, 7) is 1.33. The van der Waals surface area contributed by atoms with E-state index in [0.717, 1.165) is 6.42 Å². The fraction of sp³-hybridized carbons (Fsp3) is 0.615. The number of hydrogen-bond acceptors (Lipinski definition) is 2. The molecule has 0 aromatic heterocycles. The molecule has 1 aliphatic carbocycles. The van der Waals surface area contributed by atoms with Gasteiger partial charge < -0.3 is 15.3 Å². The van der Waals surface area contributed by atoms with Gasteiger partial charge in [-0.2, -0.15) is 0 Å². The molecule has 4 unspecified atom stereocenters.